The van der Waals surface area contributed by atoms with Crippen molar-refractivity contribution >= 4 is 22.5 Å². The van der Waals surface area contributed by atoms with Gasteiger partial charge in [-0.15, -0.1) is 0 Å². The van der Waals surface area contributed by atoms with E-state index in [1.165, 1.54) is 6.92 Å². The van der Waals surface area contributed by atoms with Crippen molar-refractivity contribution < 1.29 is 22.4 Å². The van der Waals surface area contributed by atoms with Crippen LogP contribution in [0.15, 0.2) is 40.8 Å². The summed E-state index contributed by atoms with van der Waals surface area (Å²) < 4.78 is 46.8. The number of halogens is 3. The predicted molar refractivity (Wildman–Crippen MR) is 112 cm³/mol. The van der Waals surface area contributed by atoms with Crippen molar-refractivity contribution in [2.75, 3.05) is 13.1 Å². The van der Waals surface area contributed by atoms with Gasteiger partial charge in [-0.25, -0.2) is 9.50 Å². The van der Waals surface area contributed by atoms with E-state index in [2.05, 4.69) is 10.1 Å². The number of piperidine rings is 1. The van der Waals surface area contributed by atoms with Gasteiger partial charge in [0.15, 0.2) is 5.65 Å². The van der Waals surface area contributed by atoms with Crippen LogP contribution in [0.5, 0.6) is 0 Å². The summed E-state index contributed by atoms with van der Waals surface area (Å²) in [6.45, 7) is 4.37. The van der Waals surface area contributed by atoms with Crippen LogP contribution in [0.2, 0.25) is 0 Å². The Morgan fingerprint density at radius 3 is 2.75 bits per heavy atom. The average molecular weight is 442 g/mol. The monoisotopic (exact) mass is 442 g/mol. The van der Waals surface area contributed by atoms with Gasteiger partial charge < -0.3 is 9.32 Å². The van der Waals surface area contributed by atoms with Crippen molar-refractivity contribution in [3.8, 4) is 0 Å². The standard InChI is InChI=1S/C23H21F3N4O2/c1-13-8-20(23(24,25)26)30-21(27-13)11-18(28-30)16-4-3-7-29(12-16)22(31)15-5-6-19-17(10-15)9-14(2)32-19/h5-6,8-11,16H,3-4,7,12H2,1-2H3/t16-/m0/s1. The molecule has 6 nitrogen and oxygen atoms in total. The van der Waals surface area contributed by atoms with Crippen LogP contribution in [-0.4, -0.2) is 38.5 Å². The lowest BCUT2D eigenvalue weighted by Crippen LogP contribution is -2.39. The second-order valence-electron chi connectivity index (χ2n) is 8.32. The van der Waals surface area contributed by atoms with Crippen LogP contribution < -0.4 is 0 Å². The molecule has 0 spiro atoms. The van der Waals surface area contributed by atoms with E-state index in [9.17, 15) is 18.0 Å². The minimum atomic E-state index is -4.53. The van der Waals surface area contributed by atoms with Gasteiger partial charge in [-0.3, -0.25) is 4.79 Å². The van der Waals surface area contributed by atoms with E-state index in [0.717, 1.165) is 40.2 Å². The van der Waals surface area contributed by atoms with Crippen LogP contribution >= 0.6 is 0 Å². The highest BCUT2D eigenvalue weighted by molar-refractivity contribution is 5.98. The number of carbonyl (C=O) groups excluding carboxylic acids is 1. The number of fused-ring (bicyclic) bond motifs is 2. The molecule has 1 atom stereocenters. The molecule has 0 saturated carbocycles. The Morgan fingerprint density at radius 2 is 1.97 bits per heavy atom. The van der Waals surface area contributed by atoms with Crippen LogP contribution in [0.4, 0.5) is 13.2 Å². The third-order valence-corrected chi connectivity index (χ3v) is 5.88. The first-order valence-corrected chi connectivity index (χ1v) is 10.4. The molecule has 0 unspecified atom stereocenters. The molecule has 3 aromatic heterocycles. The summed E-state index contributed by atoms with van der Waals surface area (Å²) in [7, 11) is 0. The summed E-state index contributed by atoms with van der Waals surface area (Å²) in [5.41, 5.74) is 1.40. The van der Waals surface area contributed by atoms with Crippen LogP contribution in [0.1, 0.15) is 52.0 Å². The molecular weight excluding hydrogens is 421 g/mol. The SMILES string of the molecule is Cc1cc(C(F)(F)F)n2nc([C@H]3CCCN(C(=O)c4ccc5oc(C)cc5c4)C3)cc2n1. The van der Waals surface area contributed by atoms with Gasteiger partial charge >= 0.3 is 6.18 Å². The van der Waals surface area contributed by atoms with Crippen LogP contribution in [0.25, 0.3) is 16.6 Å². The van der Waals surface area contributed by atoms with Gasteiger partial charge in [0.1, 0.15) is 17.0 Å². The van der Waals surface area contributed by atoms with Gasteiger partial charge in [0, 0.05) is 41.7 Å². The van der Waals surface area contributed by atoms with E-state index in [-0.39, 0.29) is 23.2 Å². The number of amides is 1. The number of furan rings is 1. The number of alkyl halides is 3. The Labute approximate surface area is 181 Å². The Hall–Kier alpha value is -3.36. The number of nitrogens with zero attached hydrogens (tertiary/aromatic N) is 4. The van der Waals surface area contributed by atoms with Gasteiger partial charge in [0.05, 0.1) is 5.69 Å². The van der Waals surface area contributed by atoms with Crippen molar-refractivity contribution in [2.24, 2.45) is 0 Å². The molecule has 32 heavy (non-hydrogen) atoms. The highest BCUT2D eigenvalue weighted by Gasteiger charge is 2.35. The molecule has 9 heteroatoms. The zero-order valence-electron chi connectivity index (χ0n) is 17.6. The minimum absolute atomic E-state index is 0.107. The second-order valence-corrected chi connectivity index (χ2v) is 8.32. The molecule has 1 aliphatic rings. The largest absolute Gasteiger partial charge is 0.461 e. The number of likely N-dealkylation sites (tertiary alicyclic amines) is 1. The molecule has 0 radical (unpaired) electrons. The van der Waals surface area contributed by atoms with Crippen molar-refractivity contribution in [1.29, 1.82) is 0 Å². The van der Waals surface area contributed by atoms with E-state index in [1.54, 1.807) is 23.1 Å². The average Bonchev–Trinajstić information content (AvgIpc) is 3.33. The number of hydrogen-bond donors (Lipinski definition) is 0. The number of hydrogen-bond acceptors (Lipinski definition) is 4. The lowest BCUT2D eigenvalue weighted by atomic mass is 9.94. The van der Waals surface area contributed by atoms with Gasteiger partial charge in [-0.05, 0) is 57.0 Å². The fourth-order valence-electron chi connectivity index (χ4n) is 4.41. The van der Waals surface area contributed by atoms with E-state index in [1.807, 2.05) is 19.1 Å². The van der Waals surface area contributed by atoms with Gasteiger partial charge in [-0.1, -0.05) is 0 Å². The smallest absolute Gasteiger partial charge is 0.433 e. The first-order chi connectivity index (χ1) is 15.2. The van der Waals surface area contributed by atoms with E-state index < -0.39 is 11.9 Å². The molecule has 166 valence electrons. The van der Waals surface area contributed by atoms with Crippen molar-refractivity contribution in [1.82, 2.24) is 19.5 Å². The fourth-order valence-corrected chi connectivity index (χ4v) is 4.41. The summed E-state index contributed by atoms with van der Waals surface area (Å²) >= 11 is 0. The molecule has 1 aliphatic heterocycles. The summed E-state index contributed by atoms with van der Waals surface area (Å²) in [4.78, 5) is 19.1. The fraction of sp³-hybridized carbons (Fsp3) is 0.348. The van der Waals surface area contributed by atoms with E-state index >= 15 is 0 Å². The first-order valence-electron chi connectivity index (χ1n) is 10.4. The van der Waals surface area contributed by atoms with Gasteiger partial charge in [0.2, 0.25) is 0 Å². The zero-order valence-corrected chi connectivity index (χ0v) is 17.6. The Kier molecular flexibility index (Phi) is 4.72. The lowest BCUT2D eigenvalue weighted by Gasteiger charge is -2.32. The number of aryl methyl sites for hydroxylation is 2. The first kappa shape index (κ1) is 20.5. The zero-order chi connectivity index (χ0) is 22.6. The normalized spacial score (nSPS) is 17.4. The summed E-state index contributed by atoms with van der Waals surface area (Å²) in [5.74, 6) is 0.511. The number of benzene rings is 1. The Bertz CT molecular complexity index is 1340. The minimum Gasteiger partial charge on any atom is -0.461 e. The molecule has 0 aliphatic carbocycles. The molecule has 5 rings (SSSR count). The van der Waals surface area contributed by atoms with Crippen LogP contribution in [-0.2, 0) is 6.18 Å². The van der Waals surface area contributed by atoms with Crippen LogP contribution in [0, 0.1) is 13.8 Å². The maximum Gasteiger partial charge on any atom is 0.433 e. The summed E-state index contributed by atoms with van der Waals surface area (Å²) in [6, 6.07) is 9.81. The Balaban J connectivity index is 1.43. The molecule has 0 N–H and O–H groups in total. The molecular formula is C23H21F3N4O2. The van der Waals surface area contributed by atoms with Crippen molar-refractivity contribution in [3.05, 3.63) is 64.8 Å². The molecule has 1 saturated heterocycles. The third-order valence-electron chi connectivity index (χ3n) is 5.88. The summed E-state index contributed by atoms with van der Waals surface area (Å²) in [6.07, 6.45) is -3.04. The molecule has 1 fully saturated rings. The number of rotatable bonds is 2. The van der Waals surface area contributed by atoms with Crippen molar-refractivity contribution in [2.45, 2.75) is 38.8 Å². The molecule has 1 amide bonds. The topological polar surface area (TPSA) is 63.6 Å². The second kappa shape index (κ2) is 7.36. The lowest BCUT2D eigenvalue weighted by molar-refractivity contribution is -0.142. The summed E-state index contributed by atoms with van der Waals surface area (Å²) in [5, 5.41) is 5.10. The highest BCUT2D eigenvalue weighted by Crippen LogP contribution is 2.32. The van der Waals surface area contributed by atoms with Gasteiger partial charge in [0.25, 0.3) is 5.91 Å². The molecule has 1 aromatic carbocycles. The number of aromatic nitrogens is 3. The van der Waals surface area contributed by atoms with E-state index in [4.69, 9.17) is 4.42 Å². The molecule has 4 heterocycles. The maximum absolute atomic E-state index is 13.5. The highest BCUT2D eigenvalue weighted by atomic mass is 19.4. The molecule has 0 bridgehead atoms. The van der Waals surface area contributed by atoms with E-state index in [0.29, 0.717) is 24.3 Å². The number of carbonyl (C=O) groups is 1. The molecule has 4 aromatic rings. The predicted octanol–water partition coefficient (Wildman–Crippen LogP) is 5.13. The Morgan fingerprint density at radius 1 is 1.16 bits per heavy atom. The third kappa shape index (κ3) is 3.61. The quantitative estimate of drug-likeness (QED) is 0.432. The van der Waals surface area contributed by atoms with Crippen molar-refractivity contribution in [3.63, 3.8) is 0 Å². The van der Waals surface area contributed by atoms with Crippen LogP contribution in [0.3, 0.4) is 0 Å². The maximum atomic E-state index is 13.5. The van der Waals surface area contributed by atoms with Gasteiger partial charge in [-0.2, -0.15) is 18.3 Å².